The molecule has 0 atom stereocenters. The molecule has 0 fully saturated rings. The second-order valence-electron chi connectivity index (χ2n) is 3.70. The van der Waals surface area contributed by atoms with Crippen LogP contribution < -0.4 is 5.73 Å². The highest BCUT2D eigenvalue weighted by Crippen LogP contribution is 2.19. The summed E-state index contributed by atoms with van der Waals surface area (Å²) in [5.74, 6) is -0.181. The monoisotopic (exact) mass is 326 g/mol. The number of carbonyl (C=O) groups excluding carboxylic acids is 1. The lowest BCUT2D eigenvalue weighted by Crippen LogP contribution is -2.26. The van der Waals surface area contributed by atoms with Gasteiger partial charge in [0.05, 0.1) is 0 Å². The van der Waals surface area contributed by atoms with Crippen LogP contribution in [-0.2, 0) is 6.54 Å². The molecule has 0 saturated carbocycles. The number of carbonyl (C=O) groups is 1. The maximum absolute atomic E-state index is 12.0. The number of benzene rings is 1. The highest BCUT2D eigenvalue weighted by molar-refractivity contribution is 9.10. The van der Waals surface area contributed by atoms with Crippen LogP contribution in [0.3, 0.4) is 0 Å². The Kier molecular flexibility index (Phi) is 3.93. The van der Waals surface area contributed by atoms with E-state index in [0.717, 1.165) is 21.4 Å². The van der Waals surface area contributed by atoms with Gasteiger partial charge in [0.25, 0.3) is 5.91 Å². The molecule has 1 aromatic carbocycles. The zero-order valence-electron chi connectivity index (χ0n) is 9.63. The van der Waals surface area contributed by atoms with Crippen LogP contribution in [0.15, 0.2) is 28.7 Å². The molecule has 0 aliphatic carbocycles. The Balaban J connectivity index is 2.11. The lowest BCUT2D eigenvalue weighted by Gasteiger charge is -2.16. The number of rotatable bonds is 3. The number of nitrogen functional groups attached to an aromatic ring is 1. The number of nitrogens with two attached hydrogens (primary N) is 1. The van der Waals surface area contributed by atoms with Gasteiger partial charge in [0.2, 0.25) is 10.1 Å². The third-order valence-electron chi connectivity index (χ3n) is 2.34. The summed E-state index contributed by atoms with van der Waals surface area (Å²) in [5.41, 5.74) is 6.49. The van der Waals surface area contributed by atoms with Crippen molar-refractivity contribution in [2.45, 2.75) is 6.54 Å². The Morgan fingerprint density at radius 2 is 2.17 bits per heavy atom. The average Bonchev–Trinajstić information content (AvgIpc) is 2.78. The molecule has 0 radical (unpaired) electrons. The Morgan fingerprint density at radius 1 is 1.44 bits per heavy atom. The van der Waals surface area contributed by atoms with Gasteiger partial charge in [-0.25, -0.2) is 0 Å². The fourth-order valence-electron chi connectivity index (χ4n) is 1.44. The molecule has 0 aliphatic heterocycles. The van der Waals surface area contributed by atoms with Gasteiger partial charge in [0.15, 0.2) is 0 Å². The van der Waals surface area contributed by atoms with Crippen molar-refractivity contribution in [1.29, 1.82) is 0 Å². The number of aromatic nitrogens is 2. The van der Waals surface area contributed by atoms with E-state index in [2.05, 4.69) is 26.1 Å². The Bertz CT molecular complexity index is 572. The van der Waals surface area contributed by atoms with Gasteiger partial charge in [-0.15, -0.1) is 10.2 Å². The summed E-state index contributed by atoms with van der Waals surface area (Å²) in [4.78, 5) is 13.6. The molecule has 1 amide bonds. The summed E-state index contributed by atoms with van der Waals surface area (Å²) in [6.07, 6.45) is 0. The van der Waals surface area contributed by atoms with Gasteiger partial charge in [0.1, 0.15) is 0 Å². The highest BCUT2D eigenvalue weighted by atomic mass is 79.9. The maximum Gasteiger partial charge on any atom is 0.284 e. The van der Waals surface area contributed by atoms with Crippen LogP contribution in [-0.4, -0.2) is 28.1 Å². The first-order valence-corrected chi connectivity index (χ1v) is 6.76. The van der Waals surface area contributed by atoms with E-state index in [-0.39, 0.29) is 5.91 Å². The van der Waals surface area contributed by atoms with E-state index in [1.54, 1.807) is 11.9 Å². The van der Waals surface area contributed by atoms with Crippen LogP contribution in [0.2, 0.25) is 0 Å². The van der Waals surface area contributed by atoms with E-state index >= 15 is 0 Å². The normalized spacial score (nSPS) is 10.3. The van der Waals surface area contributed by atoms with Gasteiger partial charge in [-0.3, -0.25) is 4.79 Å². The predicted octanol–water partition coefficient (Wildman–Crippen LogP) is 2.16. The predicted molar refractivity (Wildman–Crippen MR) is 74.3 cm³/mol. The van der Waals surface area contributed by atoms with Crippen molar-refractivity contribution in [2.24, 2.45) is 0 Å². The molecular weight excluding hydrogens is 316 g/mol. The number of anilines is 1. The highest BCUT2D eigenvalue weighted by Gasteiger charge is 2.17. The number of hydrogen-bond donors (Lipinski definition) is 1. The van der Waals surface area contributed by atoms with Gasteiger partial charge in [-0.05, 0) is 11.6 Å². The van der Waals surface area contributed by atoms with Crippen LogP contribution in [0.5, 0.6) is 0 Å². The lowest BCUT2D eigenvalue weighted by molar-refractivity contribution is 0.0783. The zero-order chi connectivity index (χ0) is 13.1. The summed E-state index contributed by atoms with van der Waals surface area (Å²) >= 11 is 4.54. The molecule has 0 aliphatic rings. The fourth-order valence-corrected chi connectivity index (χ4v) is 2.45. The quantitative estimate of drug-likeness (QED) is 0.938. The second-order valence-corrected chi connectivity index (χ2v) is 5.56. The van der Waals surface area contributed by atoms with Crippen molar-refractivity contribution in [3.8, 4) is 0 Å². The van der Waals surface area contributed by atoms with E-state index in [9.17, 15) is 4.79 Å². The average molecular weight is 327 g/mol. The van der Waals surface area contributed by atoms with Crippen molar-refractivity contribution in [3.05, 3.63) is 39.3 Å². The van der Waals surface area contributed by atoms with E-state index in [4.69, 9.17) is 5.73 Å². The summed E-state index contributed by atoms with van der Waals surface area (Å²) in [7, 11) is 1.72. The van der Waals surface area contributed by atoms with Crippen LogP contribution in [0.1, 0.15) is 15.4 Å². The Hall–Kier alpha value is -1.47. The summed E-state index contributed by atoms with van der Waals surface area (Å²) in [6, 6.07) is 7.76. The SMILES string of the molecule is CN(Cc1ccccc1Br)C(=O)c1nnc(N)s1. The first kappa shape index (κ1) is 13.0. The minimum absolute atomic E-state index is 0.181. The minimum Gasteiger partial charge on any atom is -0.374 e. The smallest absolute Gasteiger partial charge is 0.284 e. The molecule has 0 saturated heterocycles. The van der Waals surface area contributed by atoms with Gasteiger partial charge < -0.3 is 10.6 Å². The Morgan fingerprint density at radius 3 is 2.78 bits per heavy atom. The van der Waals surface area contributed by atoms with E-state index < -0.39 is 0 Å². The van der Waals surface area contributed by atoms with Crippen molar-refractivity contribution in [2.75, 3.05) is 12.8 Å². The topological polar surface area (TPSA) is 72.1 Å². The van der Waals surface area contributed by atoms with Crippen LogP contribution in [0.4, 0.5) is 5.13 Å². The second kappa shape index (κ2) is 5.45. The molecule has 2 N–H and O–H groups in total. The van der Waals surface area contributed by atoms with Crippen LogP contribution in [0.25, 0.3) is 0 Å². The first-order valence-electron chi connectivity index (χ1n) is 5.16. The van der Waals surface area contributed by atoms with Crippen LogP contribution >= 0.6 is 27.3 Å². The zero-order valence-corrected chi connectivity index (χ0v) is 12.0. The molecule has 0 spiro atoms. The summed E-state index contributed by atoms with van der Waals surface area (Å²) in [5, 5.41) is 7.98. The number of nitrogens with zero attached hydrogens (tertiary/aromatic N) is 3. The molecule has 7 heteroatoms. The van der Waals surface area contributed by atoms with Crippen LogP contribution in [0, 0.1) is 0 Å². The van der Waals surface area contributed by atoms with Gasteiger partial charge >= 0.3 is 0 Å². The third kappa shape index (κ3) is 2.85. The largest absolute Gasteiger partial charge is 0.374 e. The molecule has 2 rings (SSSR count). The molecule has 0 bridgehead atoms. The molecule has 2 aromatic rings. The molecule has 18 heavy (non-hydrogen) atoms. The van der Waals surface area contributed by atoms with E-state index in [1.807, 2.05) is 24.3 Å². The minimum atomic E-state index is -0.181. The van der Waals surface area contributed by atoms with Gasteiger partial charge in [0, 0.05) is 18.1 Å². The molecular formula is C11H11BrN4OS. The van der Waals surface area contributed by atoms with Gasteiger partial charge in [-0.1, -0.05) is 45.5 Å². The Labute approximate surface area is 117 Å². The van der Waals surface area contributed by atoms with E-state index in [0.29, 0.717) is 16.7 Å². The van der Waals surface area contributed by atoms with Crippen molar-refractivity contribution < 1.29 is 4.79 Å². The molecule has 94 valence electrons. The van der Waals surface area contributed by atoms with E-state index in [1.165, 1.54) is 0 Å². The molecule has 1 heterocycles. The number of amides is 1. The molecule has 5 nitrogen and oxygen atoms in total. The third-order valence-corrected chi connectivity index (χ3v) is 3.85. The summed E-state index contributed by atoms with van der Waals surface area (Å²) < 4.78 is 0.974. The summed E-state index contributed by atoms with van der Waals surface area (Å²) in [6.45, 7) is 0.500. The van der Waals surface area contributed by atoms with Gasteiger partial charge in [-0.2, -0.15) is 0 Å². The lowest BCUT2D eigenvalue weighted by atomic mass is 10.2. The first-order chi connectivity index (χ1) is 8.58. The molecule has 1 aromatic heterocycles. The van der Waals surface area contributed by atoms with Crippen molar-refractivity contribution >= 4 is 38.3 Å². The number of halogens is 1. The maximum atomic E-state index is 12.0. The standard InChI is InChI=1S/C11H11BrN4OS/c1-16(6-7-4-2-3-5-8(7)12)10(17)9-14-15-11(13)18-9/h2-5H,6H2,1H3,(H2,13,15). The fraction of sp³-hybridized carbons (Fsp3) is 0.182. The van der Waals surface area contributed by atoms with Crippen molar-refractivity contribution in [3.63, 3.8) is 0 Å². The molecule has 0 unspecified atom stereocenters. The van der Waals surface area contributed by atoms with Crippen molar-refractivity contribution in [1.82, 2.24) is 15.1 Å². The number of hydrogen-bond acceptors (Lipinski definition) is 5.